The highest BCUT2D eigenvalue weighted by Gasteiger charge is 2.21. The van der Waals surface area contributed by atoms with Crippen LogP contribution >= 0.6 is 0 Å². The van der Waals surface area contributed by atoms with Crippen molar-refractivity contribution in [2.75, 3.05) is 0 Å². The number of oxime groups is 2. The highest BCUT2D eigenvalue weighted by molar-refractivity contribution is 6.00. The average Bonchev–Trinajstić information content (AvgIpc) is 2.05. The van der Waals surface area contributed by atoms with Crippen LogP contribution < -0.4 is 0 Å². The smallest absolute Gasteiger partial charge is 0.175 e. The van der Waals surface area contributed by atoms with Gasteiger partial charge in [-0.05, 0) is 6.42 Å². The third kappa shape index (κ3) is 1.40. The Balaban J connectivity index is 2.75. The molecule has 0 unspecified atom stereocenters. The van der Waals surface area contributed by atoms with Crippen molar-refractivity contribution in [3.8, 4) is 0 Å². The van der Waals surface area contributed by atoms with Crippen molar-refractivity contribution in [1.29, 1.82) is 0 Å². The van der Waals surface area contributed by atoms with Gasteiger partial charge in [-0.25, -0.2) is 0 Å². The Labute approximate surface area is 63.0 Å². The zero-order chi connectivity index (χ0) is 8.27. The molecule has 1 aliphatic heterocycles. The first kappa shape index (κ1) is 7.80. The number of hydrogen-bond donors (Lipinski definition) is 3. The van der Waals surface area contributed by atoms with Gasteiger partial charge >= 0.3 is 0 Å². The molecule has 0 aromatic carbocycles. The van der Waals surface area contributed by atoms with E-state index >= 15 is 0 Å². The van der Waals surface area contributed by atoms with Crippen LogP contribution in [0.15, 0.2) is 10.3 Å². The molecule has 0 atom stereocenters. The highest BCUT2D eigenvalue weighted by Crippen LogP contribution is 2.11. The fourth-order valence-electron chi connectivity index (χ4n) is 0.950. The SMILES string of the molecule is O/N=C1/CCC/C(=N\O)N1O. The molecule has 3 N–H and O–H groups in total. The van der Waals surface area contributed by atoms with Gasteiger partial charge in [0.25, 0.3) is 0 Å². The summed E-state index contributed by atoms with van der Waals surface area (Å²) in [5, 5.41) is 32.0. The predicted molar refractivity (Wildman–Crippen MR) is 35.9 cm³/mol. The van der Waals surface area contributed by atoms with Crippen molar-refractivity contribution in [2.45, 2.75) is 19.3 Å². The Morgan fingerprint density at radius 3 is 1.91 bits per heavy atom. The van der Waals surface area contributed by atoms with E-state index < -0.39 is 0 Å². The number of rotatable bonds is 0. The van der Waals surface area contributed by atoms with Gasteiger partial charge in [-0.2, -0.15) is 5.06 Å². The molecule has 1 rings (SSSR count). The molecule has 0 radical (unpaired) electrons. The first-order valence-corrected chi connectivity index (χ1v) is 3.20. The van der Waals surface area contributed by atoms with E-state index in [1.165, 1.54) is 0 Å². The molecular formula is C5H9N3O3. The largest absolute Gasteiger partial charge is 0.409 e. The second-order valence-electron chi connectivity index (χ2n) is 2.20. The molecule has 1 aliphatic rings. The number of amidine groups is 2. The first-order chi connectivity index (χ1) is 5.29. The van der Waals surface area contributed by atoms with Crippen molar-refractivity contribution in [2.24, 2.45) is 10.3 Å². The van der Waals surface area contributed by atoms with E-state index in [0.29, 0.717) is 24.3 Å². The maximum atomic E-state index is 9.08. The van der Waals surface area contributed by atoms with Crippen LogP contribution in [-0.4, -0.2) is 32.4 Å². The third-order valence-electron chi connectivity index (χ3n) is 1.52. The van der Waals surface area contributed by atoms with E-state index in [1.54, 1.807) is 0 Å². The van der Waals surface area contributed by atoms with Gasteiger partial charge in [-0.15, -0.1) is 0 Å². The summed E-state index contributed by atoms with van der Waals surface area (Å²) in [7, 11) is 0. The molecule has 0 aromatic rings. The normalized spacial score (nSPS) is 26.5. The second-order valence-corrected chi connectivity index (χ2v) is 2.20. The molecule has 0 aromatic heterocycles. The summed E-state index contributed by atoms with van der Waals surface area (Å²) in [6.45, 7) is 0. The van der Waals surface area contributed by atoms with Crippen LogP contribution in [0, 0.1) is 0 Å². The van der Waals surface area contributed by atoms with Crippen molar-refractivity contribution in [3.05, 3.63) is 0 Å². The summed E-state index contributed by atoms with van der Waals surface area (Å²) in [5.41, 5.74) is 0. The number of hydrogen-bond acceptors (Lipinski definition) is 5. The van der Waals surface area contributed by atoms with E-state index in [9.17, 15) is 0 Å². The van der Waals surface area contributed by atoms with Gasteiger partial charge in [0.15, 0.2) is 11.7 Å². The van der Waals surface area contributed by atoms with E-state index in [1.807, 2.05) is 0 Å². The standard InChI is InChI=1S/C5H9N3O3/c9-6-4-2-1-3-5(7-10)8(4)11/h9-11H,1-3H2/b6-4-,7-5+. The maximum Gasteiger partial charge on any atom is 0.175 e. The van der Waals surface area contributed by atoms with Crippen molar-refractivity contribution < 1.29 is 15.6 Å². The number of piperidine rings is 1. The molecule has 62 valence electrons. The van der Waals surface area contributed by atoms with E-state index in [2.05, 4.69) is 10.3 Å². The van der Waals surface area contributed by atoms with Crippen LogP contribution in [0.25, 0.3) is 0 Å². The third-order valence-corrected chi connectivity index (χ3v) is 1.52. The van der Waals surface area contributed by atoms with Crippen LogP contribution in [0.5, 0.6) is 0 Å². The molecule has 6 nitrogen and oxygen atoms in total. The molecule has 0 spiro atoms. The monoisotopic (exact) mass is 159 g/mol. The molecular weight excluding hydrogens is 150 g/mol. The Morgan fingerprint density at radius 2 is 1.55 bits per heavy atom. The number of hydroxylamine groups is 2. The van der Waals surface area contributed by atoms with E-state index in [0.717, 1.165) is 0 Å². The van der Waals surface area contributed by atoms with Crippen LogP contribution in [0.4, 0.5) is 0 Å². The molecule has 0 aliphatic carbocycles. The van der Waals surface area contributed by atoms with Gasteiger partial charge in [0.1, 0.15) is 0 Å². The predicted octanol–water partition coefficient (Wildman–Crippen LogP) is 0.437. The second kappa shape index (κ2) is 3.20. The summed E-state index contributed by atoms with van der Waals surface area (Å²) in [5.74, 6) is 0.202. The van der Waals surface area contributed by atoms with E-state index in [-0.39, 0.29) is 11.7 Å². The molecule has 0 bridgehead atoms. The Morgan fingerprint density at radius 1 is 1.09 bits per heavy atom. The van der Waals surface area contributed by atoms with Crippen molar-refractivity contribution in [1.82, 2.24) is 5.06 Å². The summed E-state index contributed by atoms with van der Waals surface area (Å²) in [6.07, 6.45) is 1.66. The summed E-state index contributed by atoms with van der Waals surface area (Å²) in [6, 6.07) is 0. The van der Waals surface area contributed by atoms with Gasteiger partial charge in [-0.3, -0.25) is 5.21 Å². The van der Waals surface area contributed by atoms with Gasteiger partial charge in [0, 0.05) is 12.8 Å². The van der Waals surface area contributed by atoms with Crippen LogP contribution in [-0.2, 0) is 0 Å². The lowest BCUT2D eigenvalue weighted by atomic mass is 10.1. The Kier molecular flexibility index (Phi) is 2.27. The average molecular weight is 159 g/mol. The first-order valence-electron chi connectivity index (χ1n) is 3.20. The number of nitrogens with zero attached hydrogens (tertiary/aromatic N) is 3. The van der Waals surface area contributed by atoms with Crippen LogP contribution in [0.2, 0.25) is 0 Å². The van der Waals surface area contributed by atoms with Gasteiger partial charge in [0.05, 0.1) is 0 Å². The van der Waals surface area contributed by atoms with Crippen molar-refractivity contribution in [3.63, 3.8) is 0 Å². The Hall–Kier alpha value is -1.30. The topological polar surface area (TPSA) is 88.7 Å². The fourth-order valence-corrected chi connectivity index (χ4v) is 0.950. The minimum Gasteiger partial charge on any atom is -0.409 e. The minimum atomic E-state index is 0.101. The minimum absolute atomic E-state index is 0.101. The summed E-state index contributed by atoms with van der Waals surface area (Å²) in [4.78, 5) is 0. The Bertz CT molecular complexity index is 181. The quantitative estimate of drug-likeness (QED) is 0.353. The molecule has 0 amide bonds. The summed E-state index contributed by atoms with van der Waals surface area (Å²) < 4.78 is 0. The van der Waals surface area contributed by atoms with Crippen molar-refractivity contribution >= 4 is 11.7 Å². The maximum absolute atomic E-state index is 9.08. The van der Waals surface area contributed by atoms with Gasteiger partial charge in [0.2, 0.25) is 0 Å². The van der Waals surface area contributed by atoms with Gasteiger partial charge < -0.3 is 10.4 Å². The molecule has 6 heteroatoms. The lowest BCUT2D eigenvalue weighted by molar-refractivity contribution is 0.0445. The molecule has 1 fully saturated rings. The zero-order valence-electron chi connectivity index (χ0n) is 5.80. The highest BCUT2D eigenvalue weighted by atomic mass is 16.5. The lowest BCUT2D eigenvalue weighted by Crippen LogP contribution is -2.37. The molecule has 1 saturated heterocycles. The lowest BCUT2D eigenvalue weighted by Gasteiger charge is -2.22. The molecule has 0 saturated carbocycles. The van der Waals surface area contributed by atoms with E-state index in [4.69, 9.17) is 15.6 Å². The summed E-state index contributed by atoms with van der Waals surface area (Å²) >= 11 is 0. The zero-order valence-corrected chi connectivity index (χ0v) is 5.80. The van der Waals surface area contributed by atoms with Crippen LogP contribution in [0.3, 0.4) is 0 Å². The molecule has 11 heavy (non-hydrogen) atoms. The molecule has 1 heterocycles. The fraction of sp³-hybridized carbons (Fsp3) is 0.600. The van der Waals surface area contributed by atoms with Gasteiger partial charge in [-0.1, -0.05) is 10.3 Å². The van der Waals surface area contributed by atoms with Crippen LogP contribution in [0.1, 0.15) is 19.3 Å².